The molecule has 4 heteroatoms. The summed E-state index contributed by atoms with van der Waals surface area (Å²) in [5, 5.41) is 0. The summed E-state index contributed by atoms with van der Waals surface area (Å²) in [6.07, 6.45) is -0.681. The predicted molar refractivity (Wildman–Crippen MR) is 37.1 cm³/mol. The van der Waals surface area contributed by atoms with Crippen molar-refractivity contribution in [3.8, 4) is 0 Å². The van der Waals surface area contributed by atoms with Gasteiger partial charge in [-0.2, -0.15) is 0 Å². The third kappa shape index (κ3) is 1.07. The Balaban J connectivity index is 2.89. The van der Waals surface area contributed by atoms with E-state index in [9.17, 15) is 4.79 Å². The van der Waals surface area contributed by atoms with E-state index in [1.54, 1.807) is 20.8 Å². The molecule has 0 N–H and O–H groups in total. The molecule has 0 bridgehead atoms. The largest absolute Gasteiger partial charge is 0.511 e. The first-order valence-corrected chi connectivity index (χ1v) is 3.38. The van der Waals surface area contributed by atoms with E-state index in [2.05, 4.69) is 0 Å². The van der Waals surface area contributed by atoms with E-state index in [4.69, 9.17) is 14.2 Å². The van der Waals surface area contributed by atoms with Crippen molar-refractivity contribution < 1.29 is 19.0 Å². The Morgan fingerprint density at radius 1 is 1.27 bits per heavy atom. The highest BCUT2D eigenvalue weighted by atomic mass is 16.9. The van der Waals surface area contributed by atoms with Crippen molar-refractivity contribution in [1.29, 1.82) is 0 Å². The molecular formula is C7H12O4. The third-order valence-corrected chi connectivity index (χ3v) is 2.10. The zero-order valence-electron chi connectivity index (χ0n) is 7.13. The minimum Gasteiger partial charge on any atom is -0.421 e. The van der Waals surface area contributed by atoms with Crippen LogP contribution in [0.15, 0.2) is 0 Å². The molecule has 1 saturated heterocycles. The van der Waals surface area contributed by atoms with E-state index in [0.29, 0.717) is 0 Å². The second-order valence-electron chi connectivity index (χ2n) is 3.11. The van der Waals surface area contributed by atoms with Crippen molar-refractivity contribution in [3.05, 3.63) is 0 Å². The van der Waals surface area contributed by atoms with Gasteiger partial charge in [-0.05, 0) is 13.8 Å². The number of hydrogen-bond donors (Lipinski definition) is 0. The molecule has 4 nitrogen and oxygen atoms in total. The second-order valence-corrected chi connectivity index (χ2v) is 3.11. The Kier molecular flexibility index (Phi) is 1.59. The molecule has 1 unspecified atom stereocenters. The topological polar surface area (TPSA) is 44.8 Å². The summed E-state index contributed by atoms with van der Waals surface area (Å²) in [7, 11) is 1.48. The molecule has 1 fully saturated rings. The molecule has 1 heterocycles. The van der Waals surface area contributed by atoms with Gasteiger partial charge in [-0.3, -0.25) is 0 Å². The number of cyclic esters (lactones) is 2. The fourth-order valence-electron chi connectivity index (χ4n) is 0.891. The molecule has 0 aromatic heterocycles. The zero-order chi connectivity index (χ0) is 8.70. The lowest BCUT2D eigenvalue weighted by Crippen LogP contribution is -2.46. The molecule has 0 aromatic carbocycles. The number of methoxy groups -OCH3 is 1. The van der Waals surface area contributed by atoms with Crippen LogP contribution in [-0.4, -0.2) is 24.7 Å². The molecule has 11 heavy (non-hydrogen) atoms. The molecule has 0 aliphatic carbocycles. The van der Waals surface area contributed by atoms with E-state index in [-0.39, 0.29) is 0 Å². The number of hydrogen-bond acceptors (Lipinski definition) is 4. The third-order valence-electron chi connectivity index (χ3n) is 2.10. The molecule has 0 saturated carbocycles. The van der Waals surface area contributed by atoms with Crippen LogP contribution >= 0.6 is 0 Å². The number of carbonyl (C=O) groups is 1. The Bertz CT molecular complexity index is 187. The average molecular weight is 160 g/mol. The second kappa shape index (κ2) is 2.11. The van der Waals surface area contributed by atoms with Crippen molar-refractivity contribution in [2.45, 2.75) is 32.2 Å². The zero-order valence-corrected chi connectivity index (χ0v) is 7.13. The van der Waals surface area contributed by atoms with Gasteiger partial charge in [0.2, 0.25) is 0 Å². The van der Waals surface area contributed by atoms with Gasteiger partial charge in [0.15, 0.2) is 5.60 Å². The van der Waals surface area contributed by atoms with Crippen LogP contribution in [0.2, 0.25) is 0 Å². The fourth-order valence-corrected chi connectivity index (χ4v) is 0.891. The van der Waals surface area contributed by atoms with Crippen molar-refractivity contribution in [3.63, 3.8) is 0 Å². The molecule has 0 amide bonds. The summed E-state index contributed by atoms with van der Waals surface area (Å²) in [6, 6.07) is 0. The van der Waals surface area contributed by atoms with Crippen LogP contribution < -0.4 is 0 Å². The Hall–Kier alpha value is -0.770. The van der Waals surface area contributed by atoms with Crippen molar-refractivity contribution in [1.82, 2.24) is 0 Å². The number of rotatable bonds is 1. The minimum atomic E-state index is -0.968. The summed E-state index contributed by atoms with van der Waals surface area (Å²) in [5.74, 6) is -0.968. The normalized spacial score (nSPS) is 34.7. The highest BCUT2D eigenvalue weighted by molar-refractivity contribution is 5.63. The predicted octanol–water partition coefficient (Wildman–Crippen LogP) is 1.29. The monoisotopic (exact) mass is 160 g/mol. The highest BCUT2D eigenvalue weighted by Gasteiger charge is 2.55. The lowest BCUT2D eigenvalue weighted by molar-refractivity contribution is -0.200. The van der Waals surface area contributed by atoms with Gasteiger partial charge in [0.25, 0.3) is 5.79 Å². The van der Waals surface area contributed by atoms with Gasteiger partial charge in [0.1, 0.15) is 0 Å². The standard InChI is InChI=1S/C7H12O4/c1-6(2)7(3,9-4)11-5(8)10-6/h1-4H3. The van der Waals surface area contributed by atoms with Gasteiger partial charge in [0.05, 0.1) is 0 Å². The van der Waals surface area contributed by atoms with Crippen molar-refractivity contribution >= 4 is 6.16 Å². The average Bonchev–Trinajstić information content (AvgIpc) is 2.03. The van der Waals surface area contributed by atoms with Gasteiger partial charge < -0.3 is 14.2 Å². The molecule has 1 atom stereocenters. The molecule has 0 radical (unpaired) electrons. The van der Waals surface area contributed by atoms with Crippen LogP contribution in [0.1, 0.15) is 20.8 Å². The first kappa shape index (κ1) is 8.33. The van der Waals surface area contributed by atoms with E-state index in [1.165, 1.54) is 7.11 Å². The van der Waals surface area contributed by atoms with E-state index in [0.717, 1.165) is 0 Å². The molecule has 0 aromatic rings. The first-order chi connectivity index (χ1) is 4.91. The van der Waals surface area contributed by atoms with Crippen LogP contribution in [0, 0.1) is 0 Å². The molecule has 1 aliphatic rings. The maximum Gasteiger partial charge on any atom is 0.511 e. The van der Waals surface area contributed by atoms with Gasteiger partial charge in [0, 0.05) is 14.0 Å². The molecule has 1 aliphatic heterocycles. The van der Waals surface area contributed by atoms with Crippen LogP contribution in [-0.2, 0) is 14.2 Å². The van der Waals surface area contributed by atoms with Crippen molar-refractivity contribution in [2.75, 3.05) is 7.11 Å². The highest BCUT2D eigenvalue weighted by Crippen LogP contribution is 2.36. The van der Waals surface area contributed by atoms with Crippen LogP contribution in [0.25, 0.3) is 0 Å². The Morgan fingerprint density at radius 2 is 1.82 bits per heavy atom. The number of carbonyl (C=O) groups excluding carboxylic acids is 1. The van der Waals surface area contributed by atoms with E-state index < -0.39 is 17.5 Å². The summed E-state index contributed by atoms with van der Waals surface area (Å²) >= 11 is 0. The number of ether oxygens (including phenoxy) is 3. The lowest BCUT2D eigenvalue weighted by atomic mass is 10.00. The molecule has 1 rings (SSSR count). The molecule has 64 valence electrons. The summed E-state index contributed by atoms with van der Waals surface area (Å²) in [5.41, 5.74) is -0.723. The van der Waals surface area contributed by atoms with E-state index >= 15 is 0 Å². The minimum absolute atomic E-state index is 0.681. The SMILES string of the molecule is COC1(C)OC(=O)OC1(C)C. The fraction of sp³-hybridized carbons (Fsp3) is 0.857. The molecule has 0 spiro atoms. The van der Waals surface area contributed by atoms with Gasteiger partial charge in [-0.25, -0.2) is 4.79 Å². The van der Waals surface area contributed by atoms with Gasteiger partial charge >= 0.3 is 6.16 Å². The van der Waals surface area contributed by atoms with Crippen LogP contribution in [0.4, 0.5) is 4.79 Å². The van der Waals surface area contributed by atoms with Gasteiger partial charge in [-0.1, -0.05) is 0 Å². The molecular weight excluding hydrogens is 148 g/mol. The summed E-state index contributed by atoms with van der Waals surface area (Å²) in [4.78, 5) is 10.7. The summed E-state index contributed by atoms with van der Waals surface area (Å²) < 4.78 is 14.7. The summed E-state index contributed by atoms with van der Waals surface area (Å²) in [6.45, 7) is 5.14. The quantitative estimate of drug-likeness (QED) is 0.542. The van der Waals surface area contributed by atoms with Crippen molar-refractivity contribution in [2.24, 2.45) is 0 Å². The van der Waals surface area contributed by atoms with E-state index in [1.807, 2.05) is 0 Å². The maximum atomic E-state index is 10.7. The van der Waals surface area contributed by atoms with Gasteiger partial charge in [-0.15, -0.1) is 0 Å². The van der Waals surface area contributed by atoms with Crippen LogP contribution in [0.3, 0.4) is 0 Å². The smallest absolute Gasteiger partial charge is 0.421 e. The maximum absolute atomic E-state index is 10.7. The lowest BCUT2D eigenvalue weighted by Gasteiger charge is -2.30. The van der Waals surface area contributed by atoms with Crippen LogP contribution in [0.5, 0.6) is 0 Å². The Labute approximate surface area is 65.4 Å². The first-order valence-electron chi connectivity index (χ1n) is 3.38. The Morgan fingerprint density at radius 3 is 2.00 bits per heavy atom.